The van der Waals surface area contributed by atoms with E-state index in [4.69, 9.17) is 14.0 Å². The van der Waals surface area contributed by atoms with Crippen LogP contribution in [0.3, 0.4) is 0 Å². The minimum Gasteiger partial charge on any atom is -0.465 e. The number of carbonyl (C=O) groups is 1. The monoisotopic (exact) mass is 505 g/mol. The van der Waals surface area contributed by atoms with Crippen molar-refractivity contribution in [3.8, 4) is 17.1 Å². The number of aliphatic hydroxyl groups excluding tert-OH is 1. The molecule has 0 aliphatic rings. The Morgan fingerprint density at radius 1 is 1.17 bits per heavy atom. The molecule has 0 bridgehead atoms. The maximum absolute atomic E-state index is 14.2. The van der Waals surface area contributed by atoms with E-state index in [0.717, 1.165) is 10.6 Å². The first-order valence-corrected chi connectivity index (χ1v) is 10.5. The van der Waals surface area contributed by atoms with Crippen LogP contribution in [0.4, 0.5) is 26.7 Å². The Hall–Kier alpha value is -3.22. The summed E-state index contributed by atoms with van der Waals surface area (Å²) in [6, 6.07) is 1.85. The van der Waals surface area contributed by atoms with Crippen molar-refractivity contribution in [2.24, 2.45) is 0 Å². The van der Waals surface area contributed by atoms with E-state index in [1.807, 2.05) is 0 Å². The number of halogens is 5. The zero-order chi connectivity index (χ0) is 26.5. The molecule has 3 aromatic rings. The fourth-order valence-corrected chi connectivity index (χ4v) is 3.49. The van der Waals surface area contributed by atoms with Gasteiger partial charge in [0.2, 0.25) is 0 Å². The van der Waals surface area contributed by atoms with Crippen LogP contribution in [0, 0.1) is 13.8 Å². The number of aryl methyl sites for hydroxylation is 2. The van der Waals surface area contributed by atoms with Crippen molar-refractivity contribution in [1.82, 2.24) is 14.7 Å². The summed E-state index contributed by atoms with van der Waals surface area (Å²) in [4.78, 5) is 17.0. The predicted molar refractivity (Wildman–Crippen MR) is 113 cm³/mol. The number of aliphatic hydroxyl groups is 1. The van der Waals surface area contributed by atoms with Crippen LogP contribution in [0.2, 0.25) is 0 Å². The highest BCUT2D eigenvalue weighted by Gasteiger charge is 2.63. The largest absolute Gasteiger partial charge is 0.465 e. The zero-order valence-corrected chi connectivity index (χ0v) is 19.8. The second kappa shape index (κ2) is 8.77. The number of imidazole rings is 1. The molecule has 2 aromatic heterocycles. The molecule has 3 rings (SSSR count). The van der Waals surface area contributed by atoms with E-state index in [1.165, 1.54) is 19.9 Å². The summed E-state index contributed by atoms with van der Waals surface area (Å²) < 4.78 is 84.5. The minimum atomic E-state index is -6.06. The summed E-state index contributed by atoms with van der Waals surface area (Å²) in [5.41, 5.74) is -1.92. The fourth-order valence-electron chi connectivity index (χ4n) is 3.49. The van der Waals surface area contributed by atoms with Gasteiger partial charge in [0.15, 0.2) is 6.10 Å². The number of benzene rings is 1. The molecule has 192 valence electrons. The maximum Gasteiger partial charge on any atom is 0.456 e. The summed E-state index contributed by atoms with van der Waals surface area (Å²) >= 11 is 0. The number of alkyl halides is 5. The molecule has 0 spiro atoms. The van der Waals surface area contributed by atoms with E-state index in [9.17, 15) is 31.9 Å². The standard InChI is InChI=1S/C22H24F5N3O5/c1-7-33-18-28-16-13(17(31)21(23,24)22(25,26)27)8-12(15-10(2)29-35-11(15)3)9-14(16)30(18)19(32)34-20(4,5)6/h8-9,17,31H,7H2,1-6H3. The first-order chi connectivity index (χ1) is 16.0. The fraction of sp³-hybridized carbons (Fsp3) is 0.500. The summed E-state index contributed by atoms with van der Waals surface area (Å²) in [6.07, 6.45) is -10.4. The number of aromatic nitrogens is 3. The van der Waals surface area contributed by atoms with Crippen molar-refractivity contribution < 1.29 is 45.8 Å². The van der Waals surface area contributed by atoms with Crippen molar-refractivity contribution in [2.75, 3.05) is 6.61 Å². The van der Waals surface area contributed by atoms with Gasteiger partial charge in [-0.05, 0) is 59.2 Å². The Labute approximate surface area is 196 Å². The summed E-state index contributed by atoms with van der Waals surface area (Å²) in [5, 5.41) is 14.1. The molecule has 0 radical (unpaired) electrons. The molecule has 1 N–H and O–H groups in total. The smallest absolute Gasteiger partial charge is 0.456 e. The third kappa shape index (κ3) is 4.81. The van der Waals surface area contributed by atoms with Gasteiger partial charge in [-0.3, -0.25) is 0 Å². The molecule has 0 fully saturated rings. The van der Waals surface area contributed by atoms with Crippen LogP contribution in [0.15, 0.2) is 16.7 Å². The van der Waals surface area contributed by atoms with Crippen molar-refractivity contribution >= 4 is 17.1 Å². The van der Waals surface area contributed by atoms with Crippen LogP contribution < -0.4 is 4.74 Å². The highest BCUT2D eigenvalue weighted by atomic mass is 19.4. The molecular formula is C22H24F5N3O5. The highest BCUT2D eigenvalue weighted by Crippen LogP contribution is 2.47. The van der Waals surface area contributed by atoms with E-state index in [-0.39, 0.29) is 29.0 Å². The van der Waals surface area contributed by atoms with Gasteiger partial charge in [0, 0.05) is 11.1 Å². The van der Waals surface area contributed by atoms with Gasteiger partial charge in [0.05, 0.1) is 23.3 Å². The third-order valence-electron chi connectivity index (χ3n) is 4.95. The molecule has 13 heteroatoms. The number of ether oxygens (including phenoxy) is 2. The predicted octanol–water partition coefficient (Wildman–Crippen LogP) is 5.72. The molecular weight excluding hydrogens is 481 g/mol. The quantitative estimate of drug-likeness (QED) is 0.443. The van der Waals surface area contributed by atoms with Gasteiger partial charge in [0.1, 0.15) is 11.4 Å². The molecule has 1 unspecified atom stereocenters. The van der Waals surface area contributed by atoms with Gasteiger partial charge in [0.25, 0.3) is 0 Å². The number of fused-ring (bicyclic) bond motifs is 1. The Morgan fingerprint density at radius 2 is 1.80 bits per heavy atom. The van der Waals surface area contributed by atoms with Gasteiger partial charge in [-0.15, -0.1) is 0 Å². The van der Waals surface area contributed by atoms with E-state index < -0.39 is 47.0 Å². The first-order valence-electron chi connectivity index (χ1n) is 10.5. The van der Waals surface area contributed by atoms with Gasteiger partial charge in [-0.25, -0.2) is 4.79 Å². The molecule has 2 heterocycles. The average Bonchev–Trinajstić information content (AvgIpc) is 3.23. The van der Waals surface area contributed by atoms with E-state index in [2.05, 4.69) is 10.1 Å². The minimum absolute atomic E-state index is 0.0144. The van der Waals surface area contributed by atoms with Gasteiger partial charge in [-0.1, -0.05) is 5.16 Å². The highest BCUT2D eigenvalue weighted by molar-refractivity contribution is 5.94. The second-order valence-electron chi connectivity index (χ2n) is 8.80. The molecule has 35 heavy (non-hydrogen) atoms. The van der Waals surface area contributed by atoms with Crippen molar-refractivity contribution in [2.45, 2.75) is 65.3 Å². The second-order valence-corrected chi connectivity index (χ2v) is 8.80. The van der Waals surface area contributed by atoms with Crippen LogP contribution in [-0.4, -0.2) is 50.2 Å². The van der Waals surface area contributed by atoms with Crippen molar-refractivity contribution in [3.05, 3.63) is 29.2 Å². The van der Waals surface area contributed by atoms with Crippen LogP contribution in [0.5, 0.6) is 6.01 Å². The van der Waals surface area contributed by atoms with Crippen molar-refractivity contribution in [1.29, 1.82) is 0 Å². The summed E-state index contributed by atoms with van der Waals surface area (Å²) in [6.45, 7) is 9.33. The molecule has 0 saturated heterocycles. The van der Waals surface area contributed by atoms with Gasteiger partial charge < -0.3 is 19.1 Å². The van der Waals surface area contributed by atoms with Gasteiger partial charge in [-0.2, -0.15) is 31.5 Å². The lowest BCUT2D eigenvalue weighted by Gasteiger charge is -2.25. The topological polar surface area (TPSA) is 99.6 Å². The van der Waals surface area contributed by atoms with Gasteiger partial charge >= 0.3 is 24.2 Å². The lowest BCUT2D eigenvalue weighted by Crippen LogP contribution is -2.42. The number of rotatable bonds is 5. The zero-order valence-electron chi connectivity index (χ0n) is 19.8. The first kappa shape index (κ1) is 26.4. The molecule has 0 amide bonds. The average molecular weight is 505 g/mol. The molecule has 1 aromatic carbocycles. The lowest BCUT2D eigenvalue weighted by molar-refractivity contribution is -0.314. The third-order valence-corrected chi connectivity index (χ3v) is 4.95. The number of hydrogen-bond donors (Lipinski definition) is 1. The molecule has 0 aliphatic heterocycles. The van der Waals surface area contributed by atoms with Crippen LogP contribution in [0.25, 0.3) is 22.2 Å². The van der Waals surface area contributed by atoms with E-state index in [0.29, 0.717) is 5.69 Å². The normalized spacial score (nSPS) is 13.8. The SMILES string of the molecule is CCOc1nc2c(C(O)C(F)(F)C(F)(F)F)cc(-c3c(C)noc3C)cc2n1C(=O)OC(C)(C)C. The molecule has 8 nitrogen and oxygen atoms in total. The summed E-state index contributed by atoms with van der Waals surface area (Å²) in [5.74, 6) is -5.29. The van der Waals surface area contributed by atoms with Crippen LogP contribution in [-0.2, 0) is 4.74 Å². The number of hydrogen-bond acceptors (Lipinski definition) is 7. The lowest BCUT2D eigenvalue weighted by atomic mass is 9.95. The maximum atomic E-state index is 14.2. The van der Waals surface area contributed by atoms with Crippen LogP contribution in [0.1, 0.15) is 50.8 Å². The Kier molecular flexibility index (Phi) is 6.61. The molecule has 1 atom stereocenters. The van der Waals surface area contributed by atoms with Crippen molar-refractivity contribution in [3.63, 3.8) is 0 Å². The molecule has 0 saturated carbocycles. The molecule has 0 aliphatic carbocycles. The number of carbonyl (C=O) groups excluding carboxylic acids is 1. The van der Waals surface area contributed by atoms with Crippen LogP contribution >= 0.6 is 0 Å². The number of nitrogens with zero attached hydrogens (tertiary/aromatic N) is 3. The Balaban J connectivity index is 2.42. The van der Waals surface area contributed by atoms with E-state index >= 15 is 0 Å². The summed E-state index contributed by atoms with van der Waals surface area (Å²) in [7, 11) is 0. The Bertz CT molecular complexity index is 1240. The van der Waals surface area contributed by atoms with E-state index in [1.54, 1.807) is 27.7 Å². The Morgan fingerprint density at radius 3 is 2.29 bits per heavy atom.